The average molecular weight is 307 g/mol. The monoisotopic (exact) mass is 307 g/mol. The summed E-state index contributed by atoms with van der Waals surface area (Å²) in [6.45, 7) is 2.11. The van der Waals surface area contributed by atoms with Crippen molar-refractivity contribution in [3.8, 4) is 0 Å². The van der Waals surface area contributed by atoms with Gasteiger partial charge in [-0.25, -0.2) is 4.98 Å². The second kappa shape index (κ2) is 6.54. The Hall–Kier alpha value is -2.46. The van der Waals surface area contributed by atoms with Crippen molar-refractivity contribution in [1.29, 1.82) is 0 Å². The number of pyridine rings is 1. The van der Waals surface area contributed by atoms with Gasteiger partial charge in [0.15, 0.2) is 5.11 Å². The molecule has 2 aromatic carbocycles. The summed E-state index contributed by atoms with van der Waals surface area (Å²) in [6.07, 6.45) is 1.74. The third kappa shape index (κ3) is 3.23. The Balaban J connectivity index is 1.76. The standard InChI is InChI=1S/C18H17N3S/c1-13(20-18(22)21-17-11-4-5-12-19-17)15-10-6-8-14-7-2-3-9-16(14)15/h2-13H,1H3,(H2,19,20,21,22)/t13-/m1/s1. The smallest absolute Gasteiger partial charge is 0.172 e. The van der Waals surface area contributed by atoms with Gasteiger partial charge in [0.2, 0.25) is 0 Å². The van der Waals surface area contributed by atoms with Crippen LogP contribution in [-0.4, -0.2) is 10.1 Å². The van der Waals surface area contributed by atoms with E-state index >= 15 is 0 Å². The number of aromatic nitrogens is 1. The van der Waals surface area contributed by atoms with Crippen LogP contribution in [0.5, 0.6) is 0 Å². The molecule has 0 bridgehead atoms. The molecule has 0 saturated carbocycles. The second-order valence-corrected chi connectivity index (χ2v) is 5.51. The molecule has 0 radical (unpaired) electrons. The molecule has 1 atom stereocenters. The van der Waals surface area contributed by atoms with E-state index in [0.29, 0.717) is 5.11 Å². The van der Waals surface area contributed by atoms with Crippen LogP contribution in [0.4, 0.5) is 5.82 Å². The summed E-state index contributed by atoms with van der Waals surface area (Å²) < 4.78 is 0. The zero-order valence-corrected chi connectivity index (χ0v) is 13.1. The fourth-order valence-corrected chi connectivity index (χ4v) is 2.77. The normalized spacial score (nSPS) is 11.9. The van der Waals surface area contributed by atoms with Crippen LogP contribution < -0.4 is 10.6 Å². The number of anilines is 1. The highest BCUT2D eigenvalue weighted by Crippen LogP contribution is 2.24. The van der Waals surface area contributed by atoms with Crippen LogP contribution in [0.1, 0.15) is 18.5 Å². The number of benzene rings is 2. The Morgan fingerprint density at radius 3 is 2.59 bits per heavy atom. The Bertz CT molecular complexity index is 781. The highest BCUT2D eigenvalue weighted by atomic mass is 32.1. The molecule has 3 aromatic rings. The van der Waals surface area contributed by atoms with Gasteiger partial charge < -0.3 is 10.6 Å². The zero-order chi connectivity index (χ0) is 15.4. The predicted octanol–water partition coefficient (Wildman–Crippen LogP) is 4.28. The molecule has 0 spiro atoms. The Morgan fingerprint density at radius 2 is 1.77 bits per heavy atom. The topological polar surface area (TPSA) is 37.0 Å². The molecule has 0 amide bonds. The minimum absolute atomic E-state index is 0.106. The van der Waals surface area contributed by atoms with E-state index in [2.05, 4.69) is 65.0 Å². The fourth-order valence-electron chi connectivity index (χ4n) is 2.49. The lowest BCUT2D eigenvalue weighted by Crippen LogP contribution is -2.31. The van der Waals surface area contributed by atoms with Crippen molar-refractivity contribution in [1.82, 2.24) is 10.3 Å². The predicted molar refractivity (Wildman–Crippen MR) is 96.0 cm³/mol. The molecule has 0 fully saturated rings. The summed E-state index contributed by atoms with van der Waals surface area (Å²) in [5, 5.41) is 9.46. The highest BCUT2D eigenvalue weighted by molar-refractivity contribution is 7.80. The van der Waals surface area contributed by atoms with Gasteiger partial charge >= 0.3 is 0 Å². The number of rotatable bonds is 3. The van der Waals surface area contributed by atoms with Gasteiger partial charge in [-0.3, -0.25) is 0 Å². The maximum Gasteiger partial charge on any atom is 0.172 e. The summed E-state index contributed by atoms with van der Waals surface area (Å²) in [7, 11) is 0. The molecule has 3 rings (SSSR count). The zero-order valence-electron chi connectivity index (χ0n) is 12.3. The summed E-state index contributed by atoms with van der Waals surface area (Å²) >= 11 is 5.37. The van der Waals surface area contributed by atoms with E-state index in [9.17, 15) is 0 Å². The van der Waals surface area contributed by atoms with Crippen LogP contribution in [0.15, 0.2) is 66.9 Å². The van der Waals surface area contributed by atoms with Crippen LogP contribution in [0.2, 0.25) is 0 Å². The van der Waals surface area contributed by atoms with Crippen molar-refractivity contribution >= 4 is 33.9 Å². The van der Waals surface area contributed by atoms with E-state index in [1.54, 1.807) is 6.20 Å². The fraction of sp³-hybridized carbons (Fsp3) is 0.111. The van der Waals surface area contributed by atoms with Gasteiger partial charge in [0.05, 0.1) is 6.04 Å². The van der Waals surface area contributed by atoms with E-state index in [4.69, 9.17) is 12.2 Å². The molecular weight excluding hydrogens is 290 g/mol. The van der Waals surface area contributed by atoms with Gasteiger partial charge in [0, 0.05) is 6.20 Å². The summed E-state index contributed by atoms with van der Waals surface area (Å²) in [4.78, 5) is 4.21. The van der Waals surface area contributed by atoms with Crippen LogP contribution in [0, 0.1) is 0 Å². The first-order chi connectivity index (χ1) is 10.7. The quantitative estimate of drug-likeness (QED) is 0.708. The molecule has 0 aliphatic carbocycles. The number of fused-ring (bicyclic) bond motifs is 1. The molecule has 22 heavy (non-hydrogen) atoms. The molecule has 1 heterocycles. The van der Waals surface area contributed by atoms with Crippen LogP contribution in [0.25, 0.3) is 10.8 Å². The van der Waals surface area contributed by atoms with Crippen molar-refractivity contribution in [3.63, 3.8) is 0 Å². The van der Waals surface area contributed by atoms with Crippen LogP contribution in [-0.2, 0) is 0 Å². The maximum absolute atomic E-state index is 5.37. The van der Waals surface area contributed by atoms with Gasteiger partial charge in [-0.15, -0.1) is 0 Å². The molecule has 2 N–H and O–H groups in total. The van der Waals surface area contributed by atoms with Gasteiger partial charge in [0.25, 0.3) is 0 Å². The third-order valence-corrected chi connectivity index (χ3v) is 3.76. The first-order valence-corrected chi connectivity index (χ1v) is 7.61. The number of hydrogen-bond acceptors (Lipinski definition) is 2. The average Bonchev–Trinajstić information content (AvgIpc) is 2.55. The van der Waals surface area contributed by atoms with Crippen molar-refractivity contribution in [2.45, 2.75) is 13.0 Å². The SMILES string of the molecule is C[C@@H](NC(=S)Nc1ccccn1)c1cccc2ccccc12. The maximum atomic E-state index is 5.37. The highest BCUT2D eigenvalue weighted by Gasteiger charge is 2.10. The number of hydrogen-bond donors (Lipinski definition) is 2. The molecule has 110 valence electrons. The van der Waals surface area contributed by atoms with E-state index in [1.165, 1.54) is 16.3 Å². The van der Waals surface area contributed by atoms with Crippen molar-refractivity contribution in [3.05, 3.63) is 72.4 Å². The van der Waals surface area contributed by atoms with Gasteiger partial charge in [-0.05, 0) is 47.6 Å². The molecule has 0 aliphatic rings. The number of thiocarbonyl (C=S) groups is 1. The number of nitrogens with one attached hydrogen (secondary N) is 2. The van der Waals surface area contributed by atoms with E-state index in [1.807, 2.05) is 18.2 Å². The van der Waals surface area contributed by atoms with Crippen molar-refractivity contribution < 1.29 is 0 Å². The molecule has 0 saturated heterocycles. The van der Waals surface area contributed by atoms with Crippen LogP contribution >= 0.6 is 12.2 Å². The van der Waals surface area contributed by atoms with Gasteiger partial charge in [-0.2, -0.15) is 0 Å². The van der Waals surface area contributed by atoms with Gasteiger partial charge in [0.1, 0.15) is 5.82 Å². The lowest BCUT2D eigenvalue weighted by molar-refractivity contribution is 0.728. The largest absolute Gasteiger partial charge is 0.356 e. The molecular formula is C18H17N3S. The minimum atomic E-state index is 0.106. The Kier molecular flexibility index (Phi) is 4.30. The third-order valence-electron chi connectivity index (χ3n) is 3.54. The Labute approximate surface area is 135 Å². The molecule has 3 nitrogen and oxygen atoms in total. The molecule has 4 heteroatoms. The van der Waals surface area contributed by atoms with E-state index < -0.39 is 0 Å². The van der Waals surface area contributed by atoms with E-state index in [0.717, 1.165) is 5.82 Å². The van der Waals surface area contributed by atoms with Crippen molar-refractivity contribution in [2.24, 2.45) is 0 Å². The van der Waals surface area contributed by atoms with Crippen molar-refractivity contribution in [2.75, 3.05) is 5.32 Å². The minimum Gasteiger partial charge on any atom is -0.356 e. The first-order valence-electron chi connectivity index (χ1n) is 7.20. The Morgan fingerprint density at radius 1 is 1.00 bits per heavy atom. The van der Waals surface area contributed by atoms with Crippen LogP contribution in [0.3, 0.4) is 0 Å². The van der Waals surface area contributed by atoms with E-state index in [-0.39, 0.29) is 6.04 Å². The number of nitrogens with zero attached hydrogens (tertiary/aromatic N) is 1. The lowest BCUT2D eigenvalue weighted by atomic mass is 10.00. The second-order valence-electron chi connectivity index (χ2n) is 5.10. The summed E-state index contributed by atoms with van der Waals surface area (Å²) in [6, 6.07) is 20.5. The first kappa shape index (κ1) is 14.5. The summed E-state index contributed by atoms with van der Waals surface area (Å²) in [5.41, 5.74) is 1.23. The van der Waals surface area contributed by atoms with Gasteiger partial charge in [-0.1, -0.05) is 48.5 Å². The molecule has 1 aromatic heterocycles. The summed E-state index contributed by atoms with van der Waals surface area (Å²) in [5.74, 6) is 0.741. The molecule has 0 unspecified atom stereocenters. The lowest BCUT2D eigenvalue weighted by Gasteiger charge is -2.18. The molecule has 0 aliphatic heterocycles.